The summed E-state index contributed by atoms with van der Waals surface area (Å²) in [6.45, 7) is 4.74. The summed E-state index contributed by atoms with van der Waals surface area (Å²) in [7, 11) is 1.60. The average molecular weight is 320 g/mol. The maximum atomic E-state index is 12.0. The van der Waals surface area contributed by atoms with Crippen LogP contribution in [0, 0.1) is 6.92 Å². The van der Waals surface area contributed by atoms with Crippen molar-refractivity contribution in [2.75, 3.05) is 13.7 Å². The number of aryl methyl sites for hydroxylation is 1. The van der Waals surface area contributed by atoms with E-state index in [9.17, 15) is 4.79 Å². The van der Waals surface area contributed by atoms with Gasteiger partial charge in [0.15, 0.2) is 0 Å². The molecular weight excluding hydrogens is 300 g/mol. The van der Waals surface area contributed by atoms with Crippen LogP contribution >= 0.6 is 11.3 Å². The molecule has 1 heterocycles. The normalized spacial score (nSPS) is 12.0. The van der Waals surface area contributed by atoms with Gasteiger partial charge in [-0.2, -0.15) is 0 Å². The molecule has 1 N–H and O–H groups in total. The molecule has 0 aliphatic carbocycles. The Morgan fingerprint density at radius 1 is 1.36 bits per heavy atom. The lowest BCUT2D eigenvalue weighted by molar-refractivity contribution is 0.0901. The molecule has 22 heavy (non-hydrogen) atoms. The van der Waals surface area contributed by atoms with Crippen molar-refractivity contribution in [3.63, 3.8) is 0 Å². The van der Waals surface area contributed by atoms with Gasteiger partial charge in [-0.3, -0.25) is 4.79 Å². The number of amides is 1. The number of carbonyl (C=O) groups excluding carboxylic acids is 1. The number of hydrogen-bond acceptors (Lipinski definition) is 5. The Kier molecular flexibility index (Phi) is 5.91. The lowest BCUT2D eigenvalue weighted by Crippen LogP contribution is -2.35. The standard InChI is InChI=1S/C16H20N2O3S/c1-11-4-6-13(7-5-11)21-9-15-18-14(10-22-15)16(19)17-12(2)8-20-3/h4-7,10,12H,8-9H2,1-3H3,(H,17,19). The van der Waals surface area contributed by atoms with Crippen LogP contribution in [0.2, 0.25) is 0 Å². The third-order valence-corrected chi connectivity index (χ3v) is 3.78. The molecule has 2 rings (SSSR count). The number of benzene rings is 1. The Morgan fingerprint density at radius 3 is 2.77 bits per heavy atom. The maximum absolute atomic E-state index is 12.0. The molecule has 1 aromatic heterocycles. The van der Waals surface area contributed by atoms with Crippen LogP contribution in [0.1, 0.15) is 28.0 Å². The van der Waals surface area contributed by atoms with Crippen LogP contribution < -0.4 is 10.1 Å². The summed E-state index contributed by atoms with van der Waals surface area (Å²) in [5.41, 5.74) is 1.60. The topological polar surface area (TPSA) is 60.5 Å². The van der Waals surface area contributed by atoms with Crippen LogP contribution in [0.5, 0.6) is 5.75 Å². The number of ether oxygens (including phenoxy) is 2. The van der Waals surface area contributed by atoms with Crippen molar-refractivity contribution in [1.82, 2.24) is 10.3 Å². The molecule has 118 valence electrons. The Labute approximate surface area is 134 Å². The number of nitrogens with zero attached hydrogens (tertiary/aromatic N) is 1. The van der Waals surface area contributed by atoms with Gasteiger partial charge in [0, 0.05) is 18.5 Å². The van der Waals surface area contributed by atoms with Crippen molar-refractivity contribution >= 4 is 17.2 Å². The van der Waals surface area contributed by atoms with E-state index in [2.05, 4.69) is 10.3 Å². The number of hydrogen-bond donors (Lipinski definition) is 1. The van der Waals surface area contributed by atoms with Crippen molar-refractivity contribution in [3.05, 3.63) is 45.9 Å². The first-order valence-corrected chi connectivity index (χ1v) is 7.90. The lowest BCUT2D eigenvalue weighted by Gasteiger charge is -2.11. The molecule has 1 amide bonds. The predicted molar refractivity (Wildman–Crippen MR) is 86.4 cm³/mol. The maximum Gasteiger partial charge on any atom is 0.271 e. The van der Waals surface area contributed by atoms with E-state index in [1.54, 1.807) is 12.5 Å². The Balaban J connectivity index is 1.88. The summed E-state index contributed by atoms with van der Waals surface area (Å²) < 4.78 is 10.6. The fraction of sp³-hybridized carbons (Fsp3) is 0.375. The highest BCUT2D eigenvalue weighted by Crippen LogP contribution is 2.16. The minimum atomic E-state index is -0.192. The van der Waals surface area contributed by atoms with Crippen LogP contribution in [0.3, 0.4) is 0 Å². The van der Waals surface area contributed by atoms with Crippen molar-refractivity contribution in [3.8, 4) is 5.75 Å². The van der Waals surface area contributed by atoms with Crippen LogP contribution in [0.25, 0.3) is 0 Å². The fourth-order valence-corrected chi connectivity index (χ4v) is 2.54. The van der Waals surface area contributed by atoms with Gasteiger partial charge in [0.2, 0.25) is 0 Å². The van der Waals surface area contributed by atoms with Crippen LogP contribution in [0.15, 0.2) is 29.6 Å². The monoisotopic (exact) mass is 320 g/mol. The predicted octanol–water partition coefficient (Wildman–Crippen LogP) is 2.80. The third-order valence-electron chi connectivity index (χ3n) is 2.96. The second-order valence-corrected chi connectivity index (χ2v) is 6.00. The molecule has 6 heteroatoms. The van der Waals surface area contributed by atoms with Crippen molar-refractivity contribution in [2.45, 2.75) is 26.5 Å². The van der Waals surface area contributed by atoms with Gasteiger partial charge >= 0.3 is 0 Å². The summed E-state index contributed by atoms with van der Waals surface area (Å²) in [5, 5.41) is 5.34. The smallest absolute Gasteiger partial charge is 0.271 e. The fourth-order valence-electron chi connectivity index (χ4n) is 1.85. The molecule has 0 fully saturated rings. The molecule has 0 spiro atoms. The van der Waals surface area contributed by atoms with Crippen molar-refractivity contribution in [2.24, 2.45) is 0 Å². The van der Waals surface area contributed by atoms with Gasteiger partial charge in [-0.25, -0.2) is 4.98 Å². The van der Waals surface area contributed by atoms with Gasteiger partial charge in [0.25, 0.3) is 5.91 Å². The zero-order valence-corrected chi connectivity index (χ0v) is 13.8. The lowest BCUT2D eigenvalue weighted by atomic mass is 10.2. The van der Waals surface area contributed by atoms with Gasteiger partial charge < -0.3 is 14.8 Å². The molecule has 0 saturated carbocycles. The Bertz CT molecular complexity index is 610. The number of carbonyl (C=O) groups is 1. The second-order valence-electron chi connectivity index (χ2n) is 5.06. The summed E-state index contributed by atoms with van der Waals surface area (Å²) in [4.78, 5) is 16.3. The van der Waals surface area contributed by atoms with Crippen LogP contribution in [0.4, 0.5) is 0 Å². The van der Waals surface area contributed by atoms with E-state index in [1.807, 2.05) is 38.1 Å². The summed E-state index contributed by atoms with van der Waals surface area (Å²) in [6, 6.07) is 7.78. The first-order valence-electron chi connectivity index (χ1n) is 7.02. The number of nitrogens with one attached hydrogen (secondary N) is 1. The molecule has 1 unspecified atom stereocenters. The number of aromatic nitrogens is 1. The zero-order chi connectivity index (χ0) is 15.9. The van der Waals surface area contributed by atoms with E-state index in [0.717, 1.165) is 10.8 Å². The number of thiazole rings is 1. The van der Waals surface area contributed by atoms with E-state index in [4.69, 9.17) is 9.47 Å². The first kappa shape index (κ1) is 16.5. The number of rotatable bonds is 7. The Hall–Kier alpha value is -1.92. The highest BCUT2D eigenvalue weighted by molar-refractivity contribution is 7.09. The van der Waals surface area contributed by atoms with E-state index < -0.39 is 0 Å². The SMILES string of the molecule is COCC(C)NC(=O)c1csc(COc2ccc(C)cc2)n1. The van der Waals surface area contributed by atoms with E-state index >= 15 is 0 Å². The van der Waals surface area contributed by atoms with Gasteiger partial charge in [0.1, 0.15) is 23.1 Å². The molecule has 0 saturated heterocycles. The largest absolute Gasteiger partial charge is 0.486 e. The molecule has 0 aliphatic rings. The minimum absolute atomic E-state index is 0.0496. The molecule has 0 radical (unpaired) electrons. The van der Waals surface area contributed by atoms with Gasteiger partial charge in [-0.05, 0) is 26.0 Å². The first-order chi connectivity index (χ1) is 10.6. The van der Waals surface area contributed by atoms with Crippen LogP contribution in [-0.4, -0.2) is 30.6 Å². The molecule has 5 nitrogen and oxygen atoms in total. The average Bonchev–Trinajstić information content (AvgIpc) is 2.96. The second kappa shape index (κ2) is 7.91. The molecule has 1 atom stereocenters. The summed E-state index contributed by atoms with van der Waals surface area (Å²) >= 11 is 1.41. The Morgan fingerprint density at radius 2 is 2.09 bits per heavy atom. The summed E-state index contributed by atoms with van der Waals surface area (Å²) in [6.07, 6.45) is 0. The molecular formula is C16H20N2O3S. The highest BCUT2D eigenvalue weighted by Gasteiger charge is 2.13. The number of methoxy groups -OCH3 is 1. The van der Waals surface area contributed by atoms with E-state index in [0.29, 0.717) is 18.9 Å². The molecule has 1 aromatic carbocycles. The van der Waals surface area contributed by atoms with Crippen molar-refractivity contribution in [1.29, 1.82) is 0 Å². The molecule has 0 bridgehead atoms. The highest BCUT2D eigenvalue weighted by atomic mass is 32.1. The van der Waals surface area contributed by atoms with Gasteiger partial charge in [-0.1, -0.05) is 17.7 Å². The van der Waals surface area contributed by atoms with Gasteiger partial charge in [-0.15, -0.1) is 11.3 Å². The zero-order valence-electron chi connectivity index (χ0n) is 13.0. The minimum Gasteiger partial charge on any atom is -0.486 e. The third kappa shape index (κ3) is 4.82. The van der Waals surface area contributed by atoms with E-state index in [1.165, 1.54) is 16.9 Å². The van der Waals surface area contributed by atoms with E-state index in [-0.39, 0.29) is 11.9 Å². The summed E-state index contributed by atoms with van der Waals surface area (Å²) in [5.74, 6) is 0.600. The van der Waals surface area contributed by atoms with Crippen LogP contribution in [-0.2, 0) is 11.3 Å². The van der Waals surface area contributed by atoms with Crippen molar-refractivity contribution < 1.29 is 14.3 Å². The quantitative estimate of drug-likeness (QED) is 0.852. The molecule has 0 aliphatic heterocycles. The molecule has 2 aromatic rings. The van der Waals surface area contributed by atoms with Gasteiger partial charge in [0.05, 0.1) is 6.61 Å².